The third kappa shape index (κ3) is 4.05. The van der Waals surface area contributed by atoms with Crippen molar-refractivity contribution in [3.8, 4) is 0 Å². The number of hydrogen-bond donors (Lipinski definition) is 2. The second-order valence-electron chi connectivity index (χ2n) is 5.04. The Kier molecular flexibility index (Phi) is 4.09. The smallest absolute Gasteiger partial charge is 0.242 e. The highest BCUT2D eigenvalue weighted by Crippen LogP contribution is 2.07. The molecule has 0 aliphatic heterocycles. The monoisotopic (exact) mass is 239 g/mol. The van der Waals surface area contributed by atoms with Crippen LogP contribution in [0.1, 0.15) is 34.6 Å². The topological polar surface area (TPSA) is 71.8 Å². The van der Waals surface area contributed by atoms with Gasteiger partial charge in [0.15, 0.2) is 0 Å². The summed E-state index contributed by atoms with van der Waals surface area (Å²) >= 11 is 0. The van der Waals surface area contributed by atoms with Crippen molar-refractivity contribution >= 4 is 11.7 Å². The van der Waals surface area contributed by atoms with Gasteiger partial charge >= 0.3 is 0 Å². The molecule has 17 heavy (non-hydrogen) atoms. The second-order valence-corrected chi connectivity index (χ2v) is 5.04. The third-order valence-electron chi connectivity index (χ3n) is 2.17. The number of hydrogen-bond acceptors (Lipinski definition) is 4. The van der Waals surface area contributed by atoms with Crippen LogP contribution in [0.5, 0.6) is 0 Å². The number of carbonyl (C=O) groups excluding carboxylic acids is 1. The second kappa shape index (κ2) is 5.16. The van der Waals surface area contributed by atoms with Crippen molar-refractivity contribution in [2.75, 3.05) is 5.32 Å². The zero-order valence-electron chi connectivity index (χ0n) is 11.1. The molecule has 1 aromatic rings. The zero-order chi connectivity index (χ0) is 13.1. The summed E-state index contributed by atoms with van der Waals surface area (Å²) in [6.45, 7) is 10.4. The standard InChI is InChI=1S/C11H21N5O/c1-6-16-9(7-12-15-16)13-8(2)10(17)14-11(3,4)5/h7-8,13H,6H2,1-5H3,(H,14,17). The first-order chi connectivity index (χ1) is 7.83. The van der Waals surface area contributed by atoms with Crippen LogP contribution in [0.4, 0.5) is 5.82 Å². The largest absolute Gasteiger partial charge is 0.357 e. The van der Waals surface area contributed by atoms with Gasteiger partial charge in [0.1, 0.15) is 11.9 Å². The predicted octanol–water partition coefficient (Wildman–Crippen LogP) is 1.01. The Morgan fingerprint density at radius 3 is 2.71 bits per heavy atom. The summed E-state index contributed by atoms with van der Waals surface area (Å²) in [7, 11) is 0. The van der Waals surface area contributed by atoms with E-state index in [1.165, 1.54) is 0 Å². The highest BCUT2D eigenvalue weighted by molar-refractivity contribution is 5.84. The Morgan fingerprint density at radius 2 is 2.18 bits per heavy atom. The molecule has 1 atom stereocenters. The van der Waals surface area contributed by atoms with Crippen LogP contribution in [-0.2, 0) is 11.3 Å². The maximum Gasteiger partial charge on any atom is 0.242 e. The van der Waals surface area contributed by atoms with Gasteiger partial charge in [-0.15, -0.1) is 5.10 Å². The Hall–Kier alpha value is -1.59. The minimum atomic E-state index is -0.321. The number of aromatic nitrogens is 3. The fourth-order valence-corrected chi connectivity index (χ4v) is 1.37. The Morgan fingerprint density at radius 1 is 1.53 bits per heavy atom. The van der Waals surface area contributed by atoms with Gasteiger partial charge in [0, 0.05) is 12.1 Å². The maximum atomic E-state index is 11.9. The molecular formula is C11H21N5O. The van der Waals surface area contributed by atoms with E-state index in [1.807, 2.05) is 34.6 Å². The summed E-state index contributed by atoms with van der Waals surface area (Å²) in [5.74, 6) is 0.713. The van der Waals surface area contributed by atoms with E-state index in [2.05, 4.69) is 20.9 Å². The molecule has 1 amide bonds. The molecule has 1 heterocycles. The summed E-state index contributed by atoms with van der Waals surface area (Å²) in [6.07, 6.45) is 1.62. The van der Waals surface area contributed by atoms with E-state index in [4.69, 9.17) is 0 Å². The first-order valence-electron chi connectivity index (χ1n) is 5.80. The van der Waals surface area contributed by atoms with Gasteiger partial charge in [-0.05, 0) is 34.6 Å². The molecule has 0 fully saturated rings. The Bertz CT molecular complexity index is 379. The molecule has 0 aliphatic rings. The number of aryl methyl sites for hydroxylation is 1. The number of nitrogens with zero attached hydrogens (tertiary/aromatic N) is 3. The summed E-state index contributed by atoms with van der Waals surface area (Å²) in [6, 6.07) is -0.321. The van der Waals surface area contributed by atoms with Gasteiger partial charge in [0.2, 0.25) is 5.91 Å². The molecule has 0 aromatic carbocycles. The van der Waals surface area contributed by atoms with E-state index in [9.17, 15) is 4.79 Å². The predicted molar refractivity (Wildman–Crippen MR) is 66.7 cm³/mol. The average molecular weight is 239 g/mol. The van der Waals surface area contributed by atoms with Crippen molar-refractivity contribution < 1.29 is 4.79 Å². The highest BCUT2D eigenvalue weighted by Gasteiger charge is 2.19. The average Bonchev–Trinajstić information content (AvgIpc) is 2.62. The van der Waals surface area contributed by atoms with Crippen LogP contribution in [0.25, 0.3) is 0 Å². The number of amides is 1. The van der Waals surface area contributed by atoms with E-state index >= 15 is 0 Å². The first kappa shape index (κ1) is 13.5. The maximum absolute atomic E-state index is 11.9. The number of rotatable bonds is 4. The minimum absolute atomic E-state index is 0.0404. The SMILES string of the molecule is CCn1nncc1NC(C)C(=O)NC(C)(C)C. The Labute approximate surface area is 102 Å². The fourth-order valence-electron chi connectivity index (χ4n) is 1.37. The highest BCUT2D eigenvalue weighted by atomic mass is 16.2. The van der Waals surface area contributed by atoms with Crippen molar-refractivity contribution in [1.29, 1.82) is 0 Å². The van der Waals surface area contributed by atoms with Crippen LogP contribution >= 0.6 is 0 Å². The lowest BCUT2D eigenvalue weighted by Gasteiger charge is -2.24. The van der Waals surface area contributed by atoms with E-state index in [-0.39, 0.29) is 17.5 Å². The quantitative estimate of drug-likeness (QED) is 0.822. The lowest BCUT2D eigenvalue weighted by molar-refractivity contribution is -0.122. The van der Waals surface area contributed by atoms with Gasteiger partial charge in [0.05, 0.1) is 6.20 Å². The molecule has 2 N–H and O–H groups in total. The molecule has 96 valence electrons. The fraction of sp³-hybridized carbons (Fsp3) is 0.727. The normalized spacial score (nSPS) is 13.2. The van der Waals surface area contributed by atoms with E-state index < -0.39 is 0 Å². The molecule has 1 unspecified atom stereocenters. The number of carbonyl (C=O) groups is 1. The molecule has 0 bridgehead atoms. The summed E-state index contributed by atoms with van der Waals surface area (Å²) < 4.78 is 1.71. The molecule has 1 aromatic heterocycles. The van der Waals surface area contributed by atoms with E-state index in [0.29, 0.717) is 0 Å². The minimum Gasteiger partial charge on any atom is -0.357 e. The lowest BCUT2D eigenvalue weighted by atomic mass is 10.1. The van der Waals surface area contributed by atoms with Crippen LogP contribution in [-0.4, -0.2) is 32.5 Å². The van der Waals surface area contributed by atoms with Crippen LogP contribution in [0.3, 0.4) is 0 Å². The molecule has 0 spiro atoms. The first-order valence-corrected chi connectivity index (χ1v) is 5.80. The molecule has 1 rings (SSSR count). The van der Waals surface area contributed by atoms with Crippen molar-refractivity contribution in [2.24, 2.45) is 0 Å². The molecular weight excluding hydrogens is 218 g/mol. The molecule has 0 aliphatic carbocycles. The van der Waals surface area contributed by atoms with Gasteiger partial charge in [-0.2, -0.15) is 0 Å². The van der Waals surface area contributed by atoms with Crippen LogP contribution in [0.2, 0.25) is 0 Å². The summed E-state index contributed by atoms with van der Waals surface area (Å²) in [5, 5.41) is 13.7. The number of nitrogens with one attached hydrogen (secondary N) is 2. The van der Waals surface area contributed by atoms with Crippen LogP contribution in [0.15, 0.2) is 6.20 Å². The van der Waals surface area contributed by atoms with E-state index in [1.54, 1.807) is 10.9 Å². The third-order valence-corrected chi connectivity index (χ3v) is 2.17. The van der Waals surface area contributed by atoms with E-state index in [0.717, 1.165) is 12.4 Å². The zero-order valence-corrected chi connectivity index (χ0v) is 11.1. The van der Waals surface area contributed by atoms with Gasteiger partial charge in [-0.25, -0.2) is 4.68 Å². The van der Waals surface area contributed by atoms with Gasteiger partial charge in [0.25, 0.3) is 0 Å². The lowest BCUT2D eigenvalue weighted by Crippen LogP contribution is -2.47. The van der Waals surface area contributed by atoms with Crippen molar-refractivity contribution in [2.45, 2.75) is 52.7 Å². The van der Waals surface area contributed by atoms with Crippen LogP contribution in [0, 0.1) is 0 Å². The molecule has 6 heteroatoms. The van der Waals surface area contributed by atoms with Crippen LogP contribution < -0.4 is 10.6 Å². The molecule has 0 saturated heterocycles. The van der Waals surface area contributed by atoms with Crippen molar-refractivity contribution in [1.82, 2.24) is 20.3 Å². The summed E-state index contributed by atoms with van der Waals surface area (Å²) in [4.78, 5) is 11.9. The molecule has 0 saturated carbocycles. The van der Waals surface area contributed by atoms with Crippen molar-refractivity contribution in [3.05, 3.63) is 6.20 Å². The van der Waals surface area contributed by atoms with Gasteiger partial charge in [-0.1, -0.05) is 5.21 Å². The number of anilines is 1. The van der Waals surface area contributed by atoms with Gasteiger partial charge in [-0.3, -0.25) is 4.79 Å². The molecule has 0 radical (unpaired) electrons. The Balaban J connectivity index is 2.60. The summed E-state index contributed by atoms with van der Waals surface area (Å²) in [5.41, 5.74) is -0.226. The van der Waals surface area contributed by atoms with Crippen molar-refractivity contribution in [3.63, 3.8) is 0 Å². The molecule has 6 nitrogen and oxygen atoms in total. The van der Waals surface area contributed by atoms with Gasteiger partial charge < -0.3 is 10.6 Å².